The Morgan fingerprint density at radius 1 is 1.33 bits per heavy atom. The van der Waals surface area contributed by atoms with Gasteiger partial charge in [0.2, 0.25) is 5.91 Å². The first-order chi connectivity index (χ1) is 8.49. The Balaban J connectivity index is 2.79. The first-order valence-electron chi connectivity index (χ1n) is 6.01. The van der Waals surface area contributed by atoms with Gasteiger partial charge < -0.3 is 10.6 Å². The van der Waals surface area contributed by atoms with Crippen molar-refractivity contribution >= 4 is 22.4 Å². The van der Waals surface area contributed by atoms with Crippen LogP contribution >= 0.6 is 0 Å². The van der Waals surface area contributed by atoms with Gasteiger partial charge in [-0.2, -0.15) is 0 Å². The van der Waals surface area contributed by atoms with Crippen molar-refractivity contribution in [2.45, 2.75) is 25.7 Å². The maximum absolute atomic E-state index is 12.1. The summed E-state index contributed by atoms with van der Waals surface area (Å²) in [5, 5.41) is 0. The molecule has 0 saturated carbocycles. The lowest BCUT2D eigenvalue weighted by Gasteiger charge is -2.18. The third kappa shape index (κ3) is 3.57. The van der Waals surface area contributed by atoms with Crippen LogP contribution in [0.4, 0.5) is 5.69 Å². The first kappa shape index (κ1) is 14.7. The molecule has 5 heteroatoms. The second-order valence-corrected chi connectivity index (χ2v) is 5.50. The number of carbonyl (C=O) groups is 1. The smallest absolute Gasteiger partial charge is 0.235 e. The summed E-state index contributed by atoms with van der Waals surface area (Å²) in [6.45, 7) is 6.98. The minimum atomic E-state index is -1.30. The summed E-state index contributed by atoms with van der Waals surface area (Å²) in [5.74, 6) is -0.0403. The van der Waals surface area contributed by atoms with Gasteiger partial charge in [-0.25, -0.2) is 0 Å². The third-order valence-corrected chi connectivity index (χ3v) is 4.27. The van der Waals surface area contributed by atoms with E-state index in [2.05, 4.69) is 0 Å². The Morgan fingerprint density at radius 3 is 2.44 bits per heavy atom. The van der Waals surface area contributed by atoms with Crippen LogP contribution < -0.4 is 5.73 Å². The molecule has 1 unspecified atom stereocenters. The Hall–Kier alpha value is -1.36. The Labute approximate surface area is 111 Å². The molecule has 1 amide bonds. The van der Waals surface area contributed by atoms with Crippen LogP contribution in [0.3, 0.4) is 0 Å². The van der Waals surface area contributed by atoms with Gasteiger partial charge in [0.05, 0.1) is 10.8 Å². The lowest BCUT2D eigenvalue weighted by Crippen LogP contribution is -2.34. The van der Waals surface area contributed by atoms with Crippen molar-refractivity contribution in [3.8, 4) is 0 Å². The van der Waals surface area contributed by atoms with Crippen molar-refractivity contribution < 1.29 is 9.00 Å². The summed E-state index contributed by atoms with van der Waals surface area (Å²) in [6.07, 6.45) is 0. The average Bonchev–Trinajstić information content (AvgIpc) is 2.30. The summed E-state index contributed by atoms with van der Waals surface area (Å²) >= 11 is 0. The van der Waals surface area contributed by atoms with Crippen molar-refractivity contribution in [3.05, 3.63) is 23.8 Å². The Kier molecular flexibility index (Phi) is 5.34. The van der Waals surface area contributed by atoms with Gasteiger partial charge in [0, 0.05) is 23.7 Å². The number of nitrogens with two attached hydrogens (primary N) is 1. The van der Waals surface area contributed by atoms with Crippen LogP contribution in [-0.2, 0) is 15.6 Å². The van der Waals surface area contributed by atoms with Crippen molar-refractivity contribution in [2.24, 2.45) is 0 Å². The molecule has 2 N–H and O–H groups in total. The van der Waals surface area contributed by atoms with E-state index in [4.69, 9.17) is 5.73 Å². The highest BCUT2D eigenvalue weighted by atomic mass is 32.2. The van der Waals surface area contributed by atoms with Gasteiger partial charge in [0.1, 0.15) is 5.75 Å². The highest BCUT2D eigenvalue weighted by molar-refractivity contribution is 7.85. The number of hydrogen-bond donors (Lipinski definition) is 1. The number of carbonyl (C=O) groups excluding carboxylic acids is 1. The van der Waals surface area contributed by atoms with E-state index in [0.717, 1.165) is 5.56 Å². The van der Waals surface area contributed by atoms with Crippen LogP contribution in [0.25, 0.3) is 0 Å². The standard InChI is InChI=1S/C13H20N2O2S/c1-4-15(5-2)13(16)9-18(17)12-7-6-11(14)8-10(12)3/h6-8H,4-5,9,14H2,1-3H3. The second kappa shape index (κ2) is 6.54. The molecule has 0 heterocycles. The van der Waals surface area contributed by atoms with E-state index in [0.29, 0.717) is 23.7 Å². The highest BCUT2D eigenvalue weighted by Gasteiger charge is 2.16. The first-order valence-corrected chi connectivity index (χ1v) is 7.33. The minimum Gasteiger partial charge on any atom is -0.399 e. The Bertz CT molecular complexity index is 456. The van der Waals surface area contributed by atoms with E-state index < -0.39 is 10.8 Å². The number of benzene rings is 1. The normalized spacial score (nSPS) is 12.2. The van der Waals surface area contributed by atoms with Crippen molar-refractivity contribution in [1.29, 1.82) is 0 Å². The van der Waals surface area contributed by atoms with Gasteiger partial charge in [0.25, 0.3) is 0 Å². The van der Waals surface area contributed by atoms with Gasteiger partial charge in [-0.3, -0.25) is 9.00 Å². The molecule has 1 rings (SSSR count). The van der Waals surface area contributed by atoms with Crippen molar-refractivity contribution in [2.75, 3.05) is 24.6 Å². The van der Waals surface area contributed by atoms with Gasteiger partial charge in [0.15, 0.2) is 0 Å². The molecule has 0 spiro atoms. The maximum atomic E-state index is 12.1. The molecule has 0 aliphatic carbocycles. The molecular formula is C13H20N2O2S. The van der Waals surface area contributed by atoms with Crippen LogP contribution in [0.1, 0.15) is 19.4 Å². The molecule has 0 bridgehead atoms. The molecule has 1 aromatic carbocycles. The molecule has 0 aliphatic heterocycles. The maximum Gasteiger partial charge on any atom is 0.235 e. The quantitative estimate of drug-likeness (QED) is 0.824. The van der Waals surface area contributed by atoms with Crippen molar-refractivity contribution in [3.63, 3.8) is 0 Å². The van der Waals surface area contributed by atoms with Crippen LogP contribution in [0.5, 0.6) is 0 Å². The summed E-state index contributed by atoms with van der Waals surface area (Å²) in [4.78, 5) is 14.2. The zero-order chi connectivity index (χ0) is 13.7. The lowest BCUT2D eigenvalue weighted by atomic mass is 10.2. The van der Waals surface area contributed by atoms with Crippen LogP contribution in [0.2, 0.25) is 0 Å². The van der Waals surface area contributed by atoms with Gasteiger partial charge >= 0.3 is 0 Å². The number of nitrogens with zero attached hydrogens (tertiary/aromatic N) is 1. The summed E-state index contributed by atoms with van der Waals surface area (Å²) in [7, 11) is -1.30. The number of anilines is 1. The molecule has 1 atom stereocenters. The largest absolute Gasteiger partial charge is 0.399 e. The molecule has 0 radical (unpaired) electrons. The zero-order valence-corrected chi connectivity index (χ0v) is 11.9. The monoisotopic (exact) mass is 268 g/mol. The fourth-order valence-corrected chi connectivity index (χ4v) is 2.99. The number of nitrogen functional groups attached to an aromatic ring is 1. The van der Waals surface area contributed by atoms with Crippen molar-refractivity contribution in [1.82, 2.24) is 4.90 Å². The van der Waals surface area contributed by atoms with E-state index in [1.807, 2.05) is 20.8 Å². The molecule has 0 fully saturated rings. The zero-order valence-electron chi connectivity index (χ0n) is 11.1. The van der Waals surface area contributed by atoms with Crippen LogP contribution in [0.15, 0.2) is 23.1 Å². The molecule has 4 nitrogen and oxygen atoms in total. The van der Waals surface area contributed by atoms with Crippen LogP contribution in [0, 0.1) is 6.92 Å². The van der Waals surface area contributed by atoms with E-state index in [1.54, 1.807) is 23.1 Å². The molecule has 1 aromatic rings. The highest BCUT2D eigenvalue weighted by Crippen LogP contribution is 2.16. The van der Waals surface area contributed by atoms with Gasteiger partial charge in [-0.1, -0.05) is 0 Å². The van der Waals surface area contributed by atoms with Gasteiger partial charge in [-0.15, -0.1) is 0 Å². The average molecular weight is 268 g/mol. The number of hydrogen-bond acceptors (Lipinski definition) is 3. The van der Waals surface area contributed by atoms with E-state index in [-0.39, 0.29) is 11.7 Å². The SMILES string of the molecule is CCN(CC)C(=O)CS(=O)c1ccc(N)cc1C. The molecule has 0 aromatic heterocycles. The lowest BCUT2D eigenvalue weighted by molar-refractivity contribution is -0.128. The molecule has 100 valence electrons. The predicted octanol–water partition coefficient (Wildman–Crippen LogP) is 1.55. The van der Waals surface area contributed by atoms with Crippen LogP contribution in [-0.4, -0.2) is 33.9 Å². The number of rotatable bonds is 5. The van der Waals surface area contributed by atoms with E-state index >= 15 is 0 Å². The topological polar surface area (TPSA) is 63.4 Å². The summed E-state index contributed by atoms with van der Waals surface area (Å²) < 4.78 is 12.1. The summed E-state index contributed by atoms with van der Waals surface area (Å²) in [5.41, 5.74) is 7.15. The molecule has 18 heavy (non-hydrogen) atoms. The molecule has 0 aliphatic rings. The number of aryl methyl sites for hydroxylation is 1. The summed E-state index contributed by atoms with van der Waals surface area (Å²) in [6, 6.07) is 5.22. The third-order valence-electron chi connectivity index (χ3n) is 2.81. The van der Waals surface area contributed by atoms with E-state index in [9.17, 15) is 9.00 Å². The minimum absolute atomic E-state index is 0.0342. The predicted molar refractivity (Wildman–Crippen MR) is 74.8 cm³/mol. The fraction of sp³-hybridized carbons (Fsp3) is 0.462. The Morgan fingerprint density at radius 2 is 1.94 bits per heavy atom. The molecular weight excluding hydrogens is 248 g/mol. The number of amides is 1. The van der Waals surface area contributed by atoms with E-state index in [1.165, 1.54) is 0 Å². The fourth-order valence-electron chi connectivity index (χ4n) is 1.79. The second-order valence-electron chi connectivity index (χ2n) is 4.08. The molecule has 0 saturated heterocycles. The van der Waals surface area contributed by atoms with Gasteiger partial charge in [-0.05, 0) is 44.5 Å².